The second kappa shape index (κ2) is 3.17. The predicted octanol–water partition coefficient (Wildman–Crippen LogP) is 2.29. The van der Waals surface area contributed by atoms with Crippen LogP contribution in [0.25, 0.3) is 0 Å². The van der Waals surface area contributed by atoms with Crippen molar-refractivity contribution in [3.8, 4) is 0 Å². The van der Waals surface area contributed by atoms with Crippen LogP contribution in [0.1, 0.15) is 32.6 Å². The summed E-state index contributed by atoms with van der Waals surface area (Å²) < 4.78 is 5.42. The quantitative estimate of drug-likeness (QED) is 0.481. The molecule has 2 heteroatoms. The van der Waals surface area contributed by atoms with Gasteiger partial charge in [-0.05, 0) is 44.4 Å². The molecule has 2 bridgehead atoms. The standard InChI is InChI=1S/C11H16O2/c1-7(2)11(12)13-10-8-3-4-9(10)6-5-8/h8-10H,1,3-6H2,2H3. The van der Waals surface area contributed by atoms with Crippen molar-refractivity contribution < 1.29 is 9.53 Å². The Kier molecular flexibility index (Phi) is 2.14. The molecular formula is C11H16O2. The molecule has 0 unspecified atom stereocenters. The van der Waals surface area contributed by atoms with Crippen molar-refractivity contribution in [2.45, 2.75) is 38.7 Å². The average molecular weight is 180 g/mol. The lowest BCUT2D eigenvalue weighted by atomic mass is 10.0. The third kappa shape index (κ3) is 1.50. The van der Waals surface area contributed by atoms with Crippen LogP contribution in [0.4, 0.5) is 0 Å². The summed E-state index contributed by atoms with van der Waals surface area (Å²) >= 11 is 0. The fourth-order valence-corrected chi connectivity index (χ4v) is 2.60. The highest BCUT2D eigenvalue weighted by Gasteiger charge is 2.44. The first-order valence-corrected chi connectivity index (χ1v) is 5.05. The maximum absolute atomic E-state index is 11.3. The van der Waals surface area contributed by atoms with Crippen LogP contribution in [0.15, 0.2) is 12.2 Å². The summed E-state index contributed by atoms with van der Waals surface area (Å²) in [5.74, 6) is 1.09. The number of hydrogen-bond donors (Lipinski definition) is 0. The van der Waals surface area contributed by atoms with Gasteiger partial charge < -0.3 is 4.74 Å². The van der Waals surface area contributed by atoms with Crippen molar-refractivity contribution in [3.05, 3.63) is 12.2 Å². The summed E-state index contributed by atoms with van der Waals surface area (Å²) in [6, 6.07) is 0. The van der Waals surface area contributed by atoms with E-state index in [2.05, 4.69) is 6.58 Å². The lowest BCUT2D eigenvalue weighted by molar-refractivity contribution is -0.146. The van der Waals surface area contributed by atoms with Crippen molar-refractivity contribution in [2.24, 2.45) is 11.8 Å². The van der Waals surface area contributed by atoms with Crippen molar-refractivity contribution in [2.75, 3.05) is 0 Å². The molecule has 0 aromatic heterocycles. The topological polar surface area (TPSA) is 26.3 Å². The SMILES string of the molecule is C=C(C)C(=O)OC1C2CCC1CC2. The van der Waals surface area contributed by atoms with Crippen LogP contribution < -0.4 is 0 Å². The van der Waals surface area contributed by atoms with E-state index in [4.69, 9.17) is 4.74 Å². The smallest absolute Gasteiger partial charge is 0.333 e. The van der Waals surface area contributed by atoms with Crippen LogP contribution >= 0.6 is 0 Å². The molecule has 0 aliphatic heterocycles. The monoisotopic (exact) mass is 180 g/mol. The third-order valence-electron chi connectivity index (χ3n) is 3.34. The fraction of sp³-hybridized carbons (Fsp3) is 0.727. The summed E-state index contributed by atoms with van der Waals surface area (Å²) in [7, 11) is 0. The highest BCUT2D eigenvalue weighted by atomic mass is 16.5. The van der Waals surface area contributed by atoms with Crippen LogP contribution in [0.2, 0.25) is 0 Å². The fourth-order valence-electron chi connectivity index (χ4n) is 2.60. The molecular weight excluding hydrogens is 164 g/mol. The largest absolute Gasteiger partial charge is 0.458 e. The number of esters is 1. The Labute approximate surface area is 79.0 Å². The van der Waals surface area contributed by atoms with Gasteiger partial charge in [-0.25, -0.2) is 4.79 Å². The van der Waals surface area contributed by atoms with Gasteiger partial charge in [-0.15, -0.1) is 0 Å². The second-order valence-corrected chi connectivity index (χ2v) is 4.33. The first kappa shape index (κ1) is 8.79. The van der Waals surface area contributed by atoms with E-state index < -0.39 is 0 Å². The Morgan fingerprint density at radius 1 is 1.23 bits per heavy atom. The van der Waals surface area contributed by atoms with Crippen molar-refractivity contribution in [3.63, 3.8) is 0 Å². The molecule has 2 saturated carbocycles. The molecule has 0 N–H and O–H groups in total. The Bertz CT molecular complexity index is 224. The van der Waals surface area contributed by atoms with Gasteiger partial charge in [0.2, 0.25) is 0 Å². The summed E-state index contributed by atoms with van der Waals surface area (Å²) in [6.45, 7) is 5.30. The van der Waals surface area contributed by atoms with Gasteiger partial charge in [0.1, 0.15) is 6.10 Å². The molecule has 2 rings (SSSR count). The lowest BCUT2D eigenvalue weighted by Gasteiger charge is -2.16. The molecule has 2 nitrogen and oxygen atoms in total. The Balaban J connectivity index is 1.96. The number of hydrogen-bond acceptors (Lipinski definition) is 2. The maximum atomic E-state index is 11.3. The van der Waals surface area contributed by atoms with E-state index in [1.54, 1.807) is 6.92 Å². The van der Waals surface area contributed by atoms with Gasteiger partial charge in [-0.3, -0.25) is 0 Å². The van der Waals surface area contributed by atoms with Crippen molar-refractivity contribution in [1.29, 1.82) is 0 Å². The molecule has 72 valence electrons. The molecule has 0 radical (unpaired) electrons. The second-order valence-electron chi connectivity index (χ2n) is 4.33. The van der Waals surface area contributed by atoms with Crippen LogP contribution in [0.5, 0.6) is 0 Å². The molecule has 0 spiro atoms. The molecule has 0 aromatic carbocycles. The lowest BCUT2D eigenvalue weighted by Crippen LogP contribution is -2.22. The van der Waals surface area contributed by atoms with E-state index in [0.717, 1.165) is 0 Å². The Morgan fingerprint density at radius 3 is 2.08 bits per heavy atom. The average Bonchev–Trinajstić information content (AvgIpc) is 2.65. The molecule has 0 aromatic rings. The van der Waals surface area contributed by atoms with Crippen LogP contribution in [-0.4, -0.2) is 12.1 Å². The highest BCUT2D eigenvalue weighted by molar-refractivity contribution is 5.87. The Morgan fingerprint density at radius 2 is 1.69 bits per heavy atom. The first-order chi connectivity index (χ1) is 6.18. The molecule has 0 heterocycles. The van der Waals surface area contributed by atoms with E-state index in [1.165, 1.54) is 25.7 Å². The molecule has 13 heavy (non-hydrogen) atoms. The van der Waals surface area contributed by atoms with Crippen LogP contribution in [0.3, 0.4) is 0 Å². The van der Waals surface area contributed by atoms with Gasteiger partial charge in [0.25, 0.3) is 0 Å². The van der Waals surface area contributed by atoms with Gasteiger partial charge in [0, 0.05) is 5.57 Å². The predicted molar refractivity (Wildman–Crippen MR) is 50.1 cm³/mol. The summed E-state index contributed by atoms with van der Waals surface area (Å²) in [5.41, 5.74) is 0.520. The van der Waals surface area contributed by atoms with E-state index in [-0.39, 0.29) is 12.1 Å². The van der Waals surface area contributed by atoms with E-state index in [0.29, 0.717) is 17.4 Å². The summed E-state index contributed by atoms with van der Waals surface area (Å²) in [6.07, 6.45) is 5.21. The van der Waals surface area contributed by atoms with E-state index in [9.17, 15) is 4.79 Å². The van der Waals surface area contributed by atoms with Crippen molar-refractivity contribution in [1.82, 2.24) is 0 Å². The number of carbonyl (C=O) groups is 1. The van der Waals surface area contributed by atoms with Gasteiger partial charge in [0.15, 0.2) is 0 Å². The van der Waals surface area contributed by atoms with E-state index >= 15 is 0 Å². The van der Waals surface area contributed by atoms with Gasteiger partial charge in [-0.1, -0.05) is 6.58 Å². The molecule has 2 aliphatic carbocycles. The summed E-state index contributed by atoms with van der Waals surface area (Å²) in [5, 5.41) is 0. The minimum absolute atomic E-state index is 0.205. The number of carbonyl (C=O) groups excluding carboxylic acids is 1. The van der Waals surface area contributed by atoms with Crippen LogP contribution in [-0.2, 0) is 9.53 Å². The third-order valence-corrected chi connectivity index (χ3v) is 3.34. The minimum atomic E-state index is -0.205. The molecule has 2 aliphatic rings. The Hall–Kier alpha value is -0.790. The summed E-state index contributed by atoms with van der Waals surface area (Å²) in [4.78, 5) is 11.3. The van der Waals surface area contributed by atoms with Gasteiger partial charge >= 0.3 is 5.97 Å². The van der Waals surface area contributed by atoms with Crippen LogP contribution in [0, 0.1) is 11.8 Å². The zero-order valence-corrected chi connectivity index (χ0v) is 8.08. The van der Waals surface area contributed by atoms with Gasteiger partial charge in [0.05, 0.1) is 0 Å². The zero-order chi connectivity index (χ0) is 9.42. The van der Waals surface area contributed by atoms with Crippen molar-refractivity contribution >= 4 is 5.97 Å². The molecule has 0 amide bonds. The molecule has 0 atom stereocenters. The maximum Gasteiger partial charge on any atom is 0.333 e. The highest BCUT2D eigenvalue weighted by Crippen LogP contribution is 2.46. The molecule has 2 fully saturated rings. The first-order valence-electron chi connectivity index (χ1n) is 5.05. The number of rotatable bonds is 2. The number of fused-ring (bicyclic) bond motifs is 2. The normalized spacial score (nSPS) is 36.2. The minimum Gasteiger partial charge on any atom is -0.458 e. The van der Waals surface area contributed by atoms with Gasteiger partial charge in [-0.2, -0.15) is 0 Å². The zero-order valence-electron chi connectivity index (χ0n) is 8.08. The molecule has 0 saturated heterocycles. The van der Waals surface area contributed by atoms with E-state index in [1.807, 2.05) is 0 Å². The number of ether oxygens (including phenoxy) is 1.